The Morgan fingerprint density at radius 1 is 1.58 bits per heavy atom. The highest BCUT2D eigenvalue weighted by atomic mass is 79.9. The van der Waals surface area contributed by atoms with Crippen molar-refractivity contribution in [2.24, 2.45) is 5.90 Å². The summed E-state index contributed by atoms with van der Waals surface area (Å²) in [5, 5.41) is 0. The summed E-state index contributed by atoms with van der Waals surface area (Å²) in [5.74, 6) is 4.60. The number of hydrogen-bond donors (Lipinski definition) is 1. The Kier molecular flexibility index (Phi) is 3.20. The molecular formula is C8H9BrFNO. The molecule has 0 aliphatic rings. The second-order valence-corrected chi connectivity index (χ2v) is 3.34. The summed E-state index contributed by atoms with van der Waals surface area (Å²) in [6.07, 6.45) is 0. The van der Waals surface area contributed by atoms with E-state index < -0.39 is 0 Å². The van der Waals surface area contributed by atoms with E-state index >= 15 is 0 Å². The molecule has 0 aromatic heterocycles. The van der Waals surface area contributed by atoms with Crippen LogP contribution in [-0.2, 0) is 11.4 Å². The molecule has 0 bridgehead atoms. The van der Waals surface area contributed by atoms with Crippen molar-refractivity contribution in [2.75, 3.05) is 0 Å². The predicted octanol–water partition coefficient (Wildman–Crippen LogP) is 2.29. The number of nitrogens with two attached hydrogens (primary N) is 1. The van der Waals surface area contributed by atoms with Gasteiger partial charge in [-0.05, 0) is 30.2 Å². The quantitative estimate of drug-likeness (QED) is 0.796. The summed E-state index contributed by atoms with van der Waals surface area (Å²) in [6.45, 7) is 2.10. The average Bonchev–Trinajstić information content (AvgIpc) is 2.00. The van der Waals surface area contributed by atoms with E-state index in [9.17, 15) is 4.39 Å². The second-order valence-electron chi connectivity index (χ2n) is 2.48. The van der Waals surface area contributed by atoms with Gasteiger partial charge in [0, 0.05) is 4.47 Å². The van der Waals surface area contributed by atoms with E-state index in [1.165, 1.54) is 12.1 Å². The fourth-order valence-electron chi connectivity index (χ4n) is 0.939. The third-order valence-corrected chi connectivity index (χ3v) is 2.48. The lowest BCUT2D eigenvalue weighted by Crippen LogP contribution is -2.01. The minimum atomic E-state index is -0.292. The molecular weight excluding hydrogens is 225 g/mol. The highest BCUT2D eigenvalue weighted by molar-refractivity contribution is 9.10. The van der Waals surface area contributed by atoms with E-state index in [1.807, 2.05) is 6.92 Å². The Morgan fingerprint density at radius 2 is 2.25 bits per heavy atom. The Labute approximate surface area is 78.6 Å². The Morgan fingerprint density at radius 3 is 2.83 bits per heavy atom. The molecule has 1 rings (SSSR count). The highest BCUT2D eigenvalue weighted by Gasteiger charge is 2.04. The molecule has 0 atom stereocenters. The fraction of sp³-hybridized carbons (Fsp3) is 0.250. The van der Waals surface area contributed by atoms with Crippen molar-refractivity contribution >= 4 is 15.9 Å². The van der Waals surface area contributed by atoms with Gasteiger partial charge in [0.25, 0.3) is 0 Å². The monoisotopic (exact) mass is 233 g/mol. The molecule has 0 radical (unpaired) electrons. The van der Waals surface area contributed by atoms with Crippen molar-refractivity contribution < 1.29 is 9.23 Å². The smallest absolute Gasteiger partial charge is 0.124 e. The van der Waals surface area contributed by atoms with Gasteiger partial charge in [-0.25, -0.2) is 10.3 Å². The standard InChI is InChI=1S/C8H9BrFNO/c1-5-6(4-12-11)2-7(10)3-8(5)9/h2-3H,4,11H2,1H3. The lowest BCUT2D eigenvalue weighted by Gasteiger charge is -2.05. The first-order valence-electron chi connectivity index (χ1n) is 3.41. The van der Waals surface area contributed by atoms with Crippen molar-refractivity contribution in [2.45, 2.75) is 13.5 Å². The molecule has 0 heterocycles. The summed E-state index contributed by atoms with van der Waals surface area (Å²) >= 11 is 3.23. The lowest BCUT2D eigenvalue weighted by molar-refractivity contribution is 0.123. The van der Waals surface area contributed by atoms with Crippen LogP contribution in [0.15, 0.2) is 16.6 Å². The van der Waals surface area contributed by atoms with E-state index in [4.69, 9.17) is 5.90 Å². The molecule has 0 aliphatic carbocycles. The molecule has 2 nitrogen and oxygen atoms in total. The van der Waals surface area contributed by atoms with E-state index in [0.717, 1.165) is 15.6 Å². The van der Waals surface area contributed by atoms with Crippen LogP contribution in [0.5, 0.6) is 0 Å². The Balaban J connectivity index is 3.09. The fourth-order valence-corrected chi connectivity index (χ4v) is 1.41. The number of benzene rings is 1. The summed E-state index contributed by atoms with van der Waals surface area (Å²) in [5.41, 5.74) is 1.70. The van der Waals surface area contributed by atoms with Crippen molar-refractivity contribution in [1.82, 2.24) is 0 Å². The number of rotatable bonds is 2. The second kappa shape index (κ2) is 3.98. The van der Waals surface area contributed by atoms with E-state index in [1.54, 1.807) is 0 Å². The van der Waals surface area contributed by atoms with Crippen LogP contribution >= 0.6 is 15.9 Å². The van der Waals surface area contributed by atoms with Crippen LogP contribution in [0.1, 0.15) is 11.1 Å². The van der Waals surface area contributed by atoms with Crippen molar-refractivity contribution in [3.63, 3.8) is 0 Å². The van der Waals surface area contributed by atoms with Crippen LogP contribution in [0.3, 0.4) is 0 Å². The zero-order valence-electron chi connectivity index (χ0n) is 6.60. The minimum Gasteiger partial charge on any atom is -0.300 e. The first-order valence-corrected chi connectivity index (χ1v) is 4.20. The first-order chi connectivity index (χ1) is 5.65. The van der Waals surface area contributed by atoms with Crippen molar-refractivity contribution in [3.8, 4) is 0 Å². The van der Waals surface area contributed by atoms with Crippen LogP contribution in [-0.4, -0.2) is 0 Å². The molecule has 0 aliphatic heterocycles. The summed E-state index contributed by atoms with van der Waals surface area (Å²) < 4.78 is 13.5. The molecule has 66 valence electrons. The third kappa shape index (κ3) is 2.03. The van der Waals surface area contributed by atoms with Gasteiger partial charge in [0.05, 0.1) is 6.61 Å². The maximum absolute atomic E-state index is 12.8. The molecule has 0 unspecified atom stereocenters. The van der Waals surface area contributed by atoms with Crippen LogP contribution in [0, 0.1) is 12.7 Å². The normalized spacial score (nSPS) is 10.3. The molecule has 1 aromatic rings. The van der Waals surface area contributed by atoms with E-state index in [0.29, 0.717) is 0 Å². The average molecular weight is 234 g/mol. The van der Waals surface area contributed by atoms with Crippen LogP contribution in [0.2, 0.25) is 0 Å². The van der Waals surface area contributed by atoms with Gasteiger partial charge >= 0.3 is 0 Å². The maximum Gasteiger partial charge on any atom is 0.124 e. The van der Waals surface area contributed by atoms with Gasteiger partial charge in [0.15, 0.2) is 0 Å². The van der Waals surface area contributed by atoms with E-state index in [2.05, 4.69) is 20.8 Å². The van der Waals surface area contributed by atoms with Crippen molar-refractivity contribution in [1.29, 1.82) is 0 Å². The predicted molar refractivity (Wildman–Crippen MR) is 47.8 cm³/mol. The van der Waals surface area contributed by atoms with Crippen LogP contribution < -0.4 is 5.90 Å². The summed E-state index contributed by atoms with van der Waals surface area (Å²) in [4.78, 5) is 4.43. The zero-order valence-corrected chi connectivity index (χ0v) is 8.19. The number of hydrogen-bond acceptors (Lipinski definition) is 2. The van der Waals surface area contributed by atoms with Crippen LogP contribution in [0.25, 0.3) is 0 Å². The molecule has 0 spiro atoms. The van der Waals surface area contributed by atoms with Gasteiger partial charge in [0.1, 0.15) is 5.82 Å². The van der Waals surface area contributed by atoms with E-state index in [-0.39, 0.29) is 12.4 Å². The zero-order chi connectivity index (χ0) is 9.14. The number of halogens is 2. The molecule has 0 saturated carbocycles. The van der Waals surface area contributed by atoms with Crippen LogP contribution in [0.4, 0.5) is 4.39 Å². The van der Waals surface area contributed by atoms with Gasteiger partial charge in [-0.3, -0.25) is 4.84 Å². The maximum atomic E-state index is 12.8. The Bertz CT molecular complexity index is 291. The minimum absolute atomic E-state index is 0.224. The molecule has 2 N–H and O–H groups in total. The summed E-state index contributed by atoms with van der Waals surface area (Å²) in [6, 6.07) is 2.82. The van der Waals surface area contributed by atoms with Gasteiger partial charge < -0.3 is 0 Å². The highest BCUT2D eigenvalue weighted by Crippen LogP contribution is 2.21. The van der Waals surface area contributed by atoms with Gasteiger partial charge in [0.2, 0.25) is 0 Å². The molecule has 0 saturated heterocycles. The SMILES string of the molecule is Cc1c(Br)cc(F)cc1CON. The molecule has 0 amide bonds. The van der Waals surface area contributed by atoms with Gasteiger partial charge in [-0.15, -0.1) is 0 Å². The molecule has 12 heavy (non-hydrogen) atoms. The topological polar surface area (TPSA) is 35.2 Å². The van der Waals surface area contributed by atoms with Gasteiger partial charge in [-0.2, -0.15) is 0 Å². The third-order valence-electron chi connectivity index (χ3n) is 1.66. The molecule has 1 aromatic carbocycles. The largest absolute Gasteiger partial charge is 0.300 e. The molecule has 4 heteroatoms. The summed E-state index contributed by atoms with van der Waals surface area (Å²) in [7, 11) is 0. The van der Waals surface area contributed by atoms with Gasteiger partial charge in [-0.1, -0.05) is 15.9 Å². The molecule has 0 fully saturated rings. The Hall–Kier alpha value is -0.450. The first kappa shape index (κ1) is 9.64. The van der Waals surface area contributed by atoms with Crippen molar-refractivity contribution in [3.05, 3.63) is 33.5 Å². The lowest BCUT2D eigenvalue weighted by atomic mass is 10.1.